The van der Waals surface area contributed by atoms with Crippen LogP contribution < -0.4 is 0 Å². The van der Waals surface area contributed by atoms with Crippen LogP contribution in [0.5, 0.6) is 0 Å². The summed E-state index contributed by atoms with van der Waals surface area (Å²) in [6.07, 6.45) is 4.36. The molecule has 0 radical (unpaired) electrons. The first kappa shape index (κ1) is 12.1. The molecule has 3 heteroatoms. The molecule has 0 N–H and O–H groups in total. The van der Waals surface area contributed by atoms with E-state index >= 15 is 0 Å². The molecule has 0 aliphatic heterocycles. The van der Waals surface area contributed by atoms with E-state index in [0.29, 0.717) is 6.42 Å². The highest BCUT2D eigenvalue weighted by molar-refractivity contribution is 6.07. The van der Waals surface area contributed by atoms with E-state index in [2.05, 4.69) is 0 Å². The first-order valence-electron chi connectivity index (χ1n) is 6.63. The highest BCUT2D eigenvalue weighted by Gasteiger charge is 2.74. The molecule has 0 spiro atoms. The molecule has 5 atom stereocenters. The van der Waals surface area contributed by atoms with Crippen molar-refractivity contribution in [3.05, 3.63) is 12.2 Å². The average molecular weight is 248 g/mol. The molecule has 0 bridgehead atoms. The van der Waals surface area contributed by atoms with Crippen LogP contribution in [0.1, 0.15) is 27.2 Å². The van der Waals surface area contributed by atoms with E-state index in [0.717, 1.165) is 0 Å². The Morgan fingerprint density at radius 3 is 2.44 bits per heavy atom. The van der Waals surface area contributed by atoms with E-state index < -0.39 is 5.41 Å². The van der Waals surface area contributed by atoms with Gasteiger partial charge in [0.15, 0.2) is 0 Å². The zero-order valence-corrected chi connectivity index (χ0v) is 11.4. The molecule has 2 fully saturated rings. The van der Waals surface area contributed by atoms with Gasteiger partial charge in [-0.25, -0.2) is 0 Å². The molecule has 0 saturated heterocycles. The largest absolute Gasteiger partial charge is 0.377 e. The fourth-order valence-electron chi connectivity index (χ4n) is 4.20. The first-order chi connectivity index (χ1) is 8.35. The average Bonchev–Trinajstić information content (AvgIpc) is 2.89. The Morgan fingerprint density at radius 1 is 1.17 bits per heavy atom. The third-order valence-corrected chi connectivity index (χ3v) is 5.44. The lowest BCUT2D eigenvalue weighted by atomic mass is 9.60. The molecule has 0 aromatic rings. The minimum Gasteiger partial charge on any atom is -0.377 e. The number of ether oxygens (including phenoxy) is 1. The number of hydrogen-bond acceptors (Lipinski definition) is 3. The third kappa shape index (κ3) is 1.18. The van der Waals surface area contributed by atoms with E-state index in [-0.39, 0.29) is 40.8 Å². The van der Waals surface area contributed by atoms with Crippen LogP contribution in [0.3, 0.4) is 0 Å². The van der Waals surface area contributed by atoms with Gasteiger partial charge >= 0.3 is 0 Å². The van der Waals surface area contributed by atoms with Gasteiger partial charge in [0.2, 0.25) is 0 Å². The Labute approximate surface area is 108 Å². The Hall–Kier alpha value is -0.960. The van der Waals surface area contributed by atoms with E-state index in [4.69, 9.17) is 4.74 Å². The number of ketones is 2. The van der Waals surface area contributed by atoms with Crippen molar-refractivity contribution < 1.29 is 14.3 Å². The normalized spacial score (nSPS) is 48.7. The summed E-state index contributed by atoms with van der Waals surface area (Å²) in [5.74, 6) is 0.0855. The Kier molecular flexibility index (Phi) is 2.23. The molecule has 3 aliphatic carbocycles. The number of fused-ring (bicyclic) bond motifs is 2. The lowest BCUT2D eigenvalue weighted by molar-refractivity contribution is -0.151. The summed E-state index contributed by atoms with van der Waals surface area (Å²) in [6.45, 7) is 6.01. The molecule has 3 aliphatic rings. The standard InChI is InChI=1S/C15H20O3/c1-14(2)10-11(14)13(17)15(3)7-5-6-8(18-4)9(15)12(10)16/h5-6,8-11H,7H2,1-4H3/t8?,9?,10-,11+,15+/m0/s1. The van der Waals surface area contributed by atoms with Crippen LogP contribution in [0.25, 0.3) is 0 Å². The van der Waals surface area contributed by atoms with Crippen LogP contribution in [-0.4, -0.2) is 24.8 Å². The van der Waals surface area contributed by atoms with Crippen molar-refractivity contribution in [3.63, 3.8) is 0 Å². The SMILES string of the molecule is COC1C=CC[C@@]2(C)C(=O)[C@H]3[C@@H](C(=O)C12)C3(C)C. The van der Waals surface area contributed by atoms with E-state index in [1.54, 1.807) is 7.11 Å². The van der Waals surface area contributed by atoms with Gasteiger partial charge in [0, 0.05) is 24.4 Å². The van der Waals surface area contributed by atoms with Gasteiger partial charge in [0.05, 0.1) is 12.0 Å². The molecule has 3 nitrogen and oxygen atoms in total. The van der Waals surface area contributed by atoms with Crippen LogP contribution in [0, 0.1) is 28.6 Å². The minimum absolute atomic E-state index is 0.0599. The lowest BCUT2D eigenvalue weighted by Gasteiger charge is -2.43. The van der Waals surface area contributed by atoms with Crippen molar-refractivity contribution in [3.8, 4) is 0 Å². The summed E-state index contributed by atoms with van der Waals surface area (Å²) in [5.41, 5.74) is -0.700. The molecule has 0 aromatic carbocycles. The second-order valence-corrected chi connectivity index (χ2v) is 6.77. The smallest absolute Gasteiger partial charge is 0.144 e. The molecule has 2 saturated carbocycles. The van der Waals surface area contributed by atoms with Crippen molar-refractivity contribution in [2.24, 2.45) is 28.6 Å². The van der Waals surface area contributed by atoms with Crippen molar-refractivity contribution in [1.29, 1.82) is 0 Å². The van der Waals surface area contributed by atoms with Gasteiger partial charge in [0.1, 0.15) is 11.6 Å². The van der Waals surface area contributed by atoms with E-state index in [1.165, 1.54) is 0 Å². The van der Waals surface area contributed by atoms with Crippen LogP contribution in [0.4, 0.5) is 0 Å². The van der Waals surface area contributed by atoms with Crippen molar-refractivity contribution in [2.45, 2.75) is 33.3 Å². The zero-order valence-electron chi connectivity index (χ0n) is 11.4. The summed E-state index contributed by atoms with van der Waals surface area (Å²) >= 11 is 0. The van der Waals surface area contributed by atoms with Crippen LogP contribution in [-0.2, 0) is 14.3 Å². The van der Waals surface area contributed by atoms with Crippen LogP contribution >= 0.6 is 0 Å². The van der Waals surface area contributed by atoms with Gasteiger partial charge in [-0.05, 0) is 11.8 Å². The Morgan fingerprint density at radius 2 is 1.83 bits per heavy atom. The first-order valence-corrected chi connectivity index (χ1v) is 6.63. The van der Waals surface area contributed by atoms with E-state index in [1.807, 2.05) is 32.9 Å². The number of methoxy groups -OCH3 is 1. The topological polar surface area (TPSA) is 43.4 Å². The van der Waals surface area contributed by atoms with Crippen LogP contribution in [0.15, 0.2) is 12.2 Å². The van der Waals surface area contributed by atoms with Gasteiger partial charge in [-0.1, -0.05) is 32.9 Å². The number of Topliss-reactive ketones (excluding diaryl/α,β-unsaturated/α-hetero) is 2. The summed E-state index contributed by atoms with van der Waals surface area (Å²) in [5, 5.41) is 0. The zero-order chi connectivity index (χ0) is 13.3. The van der Waals surface area contributed by atoms with E-state index in [9.17, 15) is 9.59 Å². The summed E-state index contributed by atoms with van der Waals surface area (Å²) in [6, 6.07) is 0. The summed E-state index contributed by atoms with van der Waals surface area (Å²) in [4.78, 5) is 25.4. The Bertz CT molecular complexity index is 462. The summed E-state index contributed by atoms with van der Waals surface area (Å²) in [7, 11) is 1.61. The molecule has 3 rings (SSSR count). The number of rotatable bonds is 1. The molecule has 0 aromatic heterocycles. The van der Waals surface area contributed by atoms with Gasteiger partial charge in [0.25, 0.3) is 0 Å². The fraction of sp³-hybridized carbons (Fsp3) is 0.733. The maximum atomic E-state index is 12.7. The second-order valence-electron chi connectivity index (χ2n) is 6.77. The van der Waals surface area contributed by atoms with Crippen molar-refractivity contribution in [1.82, 2.24) is 0 Å². The molecule has 18 heavy (non-hydrogen) atoms. The number of hydrogen-bond donors (Lipinski definition) is 0. The number of allylic oxidation sites excluding steroid dienone is 1. The number of carbonyl (C=O) groups excluding carboxylic acids is 2. The molecular weight excluding hydrogens is 228 g/mol. The lowest BCUT2D eigenvalue weighted by Crippen LogP contribution is -2.52. The van der Waals surface area contributed by atoms with Gasteiger partial charge in [-0.3, -0.25) is 9.59 Å². The third-order valence-electron chi connectivity index (χ3n) is 5.44. The maximum Gasteiger partial charge on any atom is 0.144 e. The monoisotopic (exact) mass is 248 g/mol. The number of carbonyl (C=O) groups is 2. The predicted octanol–water partition coefficient (Wildman–Crippen LogP) is 2.01. The molecule has 0 amide bonds. The molecule has 2 unspecified atom stereocenters. The second kappa shape index (κ2) is 3.32. The minimum atomic E-state index is -0.554. The highest BCUT2D eigenvalue weighted by Crippen LogP contribution is 2.67. The molecular formula is C15H20O3. The Balaban J connectivity index is 2.08. The van der Waals surface area contributed by atoms with Gasteiger partial charge < -0.3 is 4.74 Å². The van der Waals surface area contributed by atoms with Crippen LogP contribution in [0.2, 0.25) is 0 Å². The maximum absolute atomic E-state index is 12.7. The summed E-state index contributed by atoms with van der Waals surface area (Å²) < 4.78 is 5.42. The van der Waals surface area contributed by atoms with Crippen molar-refractivity contribution in [2.75, 3.05) is 7.11 Å². The quantitative estimate of drug-likeness (QED) is 0.667. The predicted molar refractivity (Wildman–Crippen MR) is 66.9 cm³/mol. The molecule has 98 valence electrons. The fourth-order valence-corrected chi connectivity index (χ4v) is 4.20. The highest BCUT2D eigenvalue weighted by atomic mass is 16.5. The van der Waals surface area contributed by atoms with Crippen molar-refractivity contribution >= 4 is 11.6 Å². The molecule has 0 heterocycles. The van der Waals surface area contributed by atoms with Gasteiger partial charge in [-0.15, -0.1) is 0 Å². The van der Waals surface area contributed by atoms with Gasteiger partial charge in [-0.2, -0.15) is 0 Å².